The lowest BCUT2D eigenvalue weighted by atomic mass is 10.1. The molecular formula is C20H21FN6O. The van der Waals surface area contributed by atoms with E-state index in [0.717, 1.165) is 48.7 Å². The number of carbonyl (C=O) groups excluding carboxylic acids is 1. The van der Waals surface area contributed by atoms with E-state index in [1.54, 1.807) is 12.3 Å². The number of nitrogens with zero attached hydrogens (tertiary/aromatic N) is 5. The number of nitrogens with one attached hydrogen (secondary N) is 1. The maximum absolute atomic E-state index is 13.1. The largest absolute Gasteiger partial charge is 0.344 e. The zero-order valence-corrected chi connectivity index (χ0v) is 15.3. The van der Waals surface area contributed by atoms with Crippen molar-refractivity contribution in [3.63, 3.8) is 0 Å². The van der Waals surface area contributed by atoms with Crippen molar-refractivity contribution in [1.29, 1.82) is 0 Å². The molecule has 1 aromatic carbocycles. The van der Waals surface area contributed by atoms with Crippen molar-refractivity contribution in [3.8, 4) is 11.4 Å². The van der Waals surface area contributed by atoms with E-state index >= 15 is 0 Å². The van der Waals surface area contributed by atoms with Crippen LogP contribution in [-0.4, -0.2) is 38.4 Å². The standard InChI is InChI=1S/C20H19FN6O.H2/c1-13-4-5-15(9-16(13)19-23-10-14(21)11-24-19)26-20(28)17-3-2-8-27(17)18-6-7-22-12-25-18;/h4-7,9-12,17H,2-3,8H2,1H3,(H,26,28);1H/t17-;/m1./s1. The number of aryl methyl sites for hydroxylation is 1. The molecule has 1 fully saturated rings. The first-order valence-electron chi connectivity index (χ1n) is 9.04. The van der Waals surface area contributed by atoms with Crippen LogP contribution in [0, 0.1) is 12.7 Å². The third-order valence-electron chi connectivity index (χ3n) is 4.78. The van der Waals surface area contributed by atoms with Gasteiger partial charge in [-0.25, -0.2) is 24.3 Å². The normalized spacial score (nSPS) is 16.2. The number of halogens is 1. The number of hydrogen-bond acceptors (Lipinski definition) is 6. The average molecular weight is 380 g/mol. The summed E-state index contributed by atoms with van der Waals surface area (Å²) < 4.78 is 13.1. The van der Waals surface area contributed by atoms with Crippen LogP contribution in [-0.2, 0) is 4.79 Å². The van der Waals surface area contributed by atoms with Crippen molar-refractivity contribution in [2.75, 3.05) is 16.8 Å². The van der Waals surface area contributed by atoms with Gasteiger partial charge in [-0.05, 0) is 43.5 Å². The van der Waals surface area contributed by atoms with E-state index in [4.69, 9.17) is 0 Å². The molecule has 28 heavy (non-hydrogen) atoms. The minimum Gasteiger partial charge on any atom is -0.344 e. The van der Waals surface area contributed by atoms with Gasteiger partial charge in [0.1, 0.15) is 18.2 Å². The summed E-state index contributed by atoms with van der Waals surface area (Å²) in [5, 5.41) is 2.98. The molecule has 0 aliphatic carbocycles. The third-order valence-corrected chi connectivity index (χ3v) is 4.78. The maximum Gasteiger partial charge on any atom is 0.247 e. The first-order chi connectivity index (χ1) is 13.6. The Morgan fingerprint density at radius 2 is 2.07 bits per heavy atom. The molecule has 2 aromatic heterocycles. The highest BCUT2D eigenvalue weighted by molar-refractivity contribution is 5.97. The molecule has 1 atom stereocenters. The SMILES string of the molecule is Cc1ccc(NC(=O)[C@H]2CCCN2c2ccncn2)cc1-c1ncc(F)cn1.[HH]. The highest BCUT2D eigenvalue weighted by Crippen LogP contribution is 2.27. The van der Waals surface area contributed by atoms with E-state index < -0.39 is 5.82 Å². The van der Waals surface area contributed by atoms with E-state index in [1.807, 2.05) is 30.0 Å². The summed E-state index contributed by atoms with van der Waals surface area (Å²) in [6.45, 7) is 2.69. The van der Waals surface area contributed by atoms with Crippen LogP contribution >= 0.6 is 0 Å². The molecule has 0 bridgehead atoms. The van der Waals surface area contributed by atoms with Crippen LogP contribution in [0.3, 0.4) is 0 Å². The van der Waals surface area contributed by atoms with Gasteiger partial charge in [0, 0.05) is 25.4 Å². The lowest BCUT2D eigenvalue weighted by Crippen LogP contribution is -2.40. The molecule has 1 N–H and O–H groups in total. The van der Waals surface area contributed by atoms with Gasteiger partial charge in [0.25, 0.3) is 0 Å². The number of aromatic nitrogens is 4. The summed E-state index contributed by atoms with van der Waals surface area (Å²) >= 11 is 0. The Balaban J connectivity index is 0.00000240. The van der Waals surface area contributed by atoms with Crippen LogP contribution in [0.5, 0.6) is 0 Å². The molecule has 8 heteroatoms. The molecule has 0 saturated carbocycles. The molecule has 0 radical (unpaired) electrons. The minimum absolute atomic E-state index is 0. The van der Waals surface area contributed by atoms with Crippen LogP contribution in [0.4, 0.5) is 15.9 Å². The van der Waals surface area contributed by atoms with E-state index in [1.165, 1.54) is 6.33 Å². The van der Waals surface area contributed by atoms with E-state index in [9.17, 15) is 9.18 Å². The predicted octanol–water partition coefficient (Wildman–Crippen LogP) is 3.23. The summed E-state index contributed by atoms with van der Waals surface area (Å²) in [6, 6.07) is 7.05. The summed E-state index contributed by atoms with van der Waals surface area (Å²) in [5.74, 6) is 0.582. The Bertz CT molecular complexity index is 986. The molecular weight excluding hydrogens is 359 g/mol. The first kappa shape index (κ1) is 18.0. The van der Waals surface area contributed by atoms with Gasteiger partial charge in [0.05, 0.1) is 12.4 Å². The van der Waals surface area contributed by atoms with Gasteiger partial charge in [-0.15, -0.1) is 0 Å². The number of amides is 1. The molecule has 1 amide bonds. The van der Waals surface area contributed by atoms with Crippen LogP contribution < -0.4 is 10.2 Å². The highest BCUT2D eigenvalue weighted by Gasteiger charge is 2.31. The fourth-order valence-electron chi connectivity index (χ4n) is 3.38. The maximum atomic E-state index is 13.1. The van der Waals surface area contributed by atoms with Crippen molar-refractivity contribution in [2.45, 2.75) is 25.8 Å². The second kappa shape index (κ2) is 7.67. The quantitative estimate of drug-likeness (QED) is 0.748. The van der Waals surface area contributed by atoms with Crippen LogP contribution in [0.25, 0.3) is 11.4 Å². The molecule has 3 aromatic rings. The lowest BCUT2D eigenvalue weighted by molar-refractivity contribution is -0.117. The fraction of sp³-hybridized carbons (Fsp3) is 0.250. The summed E-state index contributed by atoms with van der Waals surface area (Å²) in [7, 11) is 0. The second-order valence-electron chi connectivity index (χ2n) is 6.66. The molecule has 0 spiro atoms. The van der Waals surface area contributed by atoms with Crippen molar-refractivity contribution in [3.05, 3.63) is 60.6 Å². The minimum atomic E-state index is -0.489. The van der Waals surface area contributed by atoms with E-state index in [2.05, 4.69) is 25.3 Å². The van der Waals surface area contributed by atoms with Crippen LogP contribution in [0.1, 0.15) is 19.8 Å². The van der Waals surface area contributed by atoms with Gasteiger partial charge in [-0.1, -0.05) is 6.07 Å². The van der Waals surface area contributed by atoms with Crippen LogP contribution in [0.2, 0.25) is 0 Å². The van der Waals surface area contributed by atoms with Gasteiger partial charge < -0.3 is 10.2 Å². The summed E-state index contributed by atoms with van der Waals surface area (Å²) in [5.41, 5.74) is 2.33. The van der Waals surface area contributed by atoms with Crippen molar-refractivity contribution >= 4 is 17.4 Å². The van der Waals surface area contributed by atoms with E-state index in [-0.39, 0.29) is 13.4 Å². The molecule has 0 unspecified atom stereocenters. The van der Waals surface area contributed by atoms with Crippen LogP contribution in [0.15, 0.2) is 49.2 Å². The van der Waals surface area contributed by atoms with Crippen molar-refractivity contribution in [2.24, 2.45) is 0 Å². The Morgan fingerprint density at radius 3 is 2.82 bits per heavy atom. The van der Waals surface area contributed by atoms with Gasteiger partial charge in [0.15, 0.2) is 11.6 Å². The first-order valence-corrected chi connectivity index (χ1v) is 9.04. The lowest BCUT2D eigenvalue weighted by Gasteiger charge is -2.24. The smallest absolute Gasteiger partial charge is 0.247 e. The Labute approximate surface area is 163 Å². The highest BCUT2D eigenvalue weighted by atomic mass is 19.1. The molecule has 1 aliphatic heterocycles. The van der Waals surface area contributed by atoms with E-state index in [0.29, 0.717) is 11.5 Å². The number of rotatable bonds is 4. The number of anilines is 2. The summed E-state index contributed by atoms with van der Waals surface area (Å²) in [4.78, 5) is 31.2. The second-order valence-corrected chi connectivity index (χ2v) is 6.66. The average Bonchev–Trinajstić information content (AvgIpc) is 3.21. The number of hydrogen-bond donors (Lipinski definition) is 1. The molecule has 3 heterocycles. The number of benzene rings is 1. The van der Waals surface area contributed by atoms with Gasteiger partial charge in [-0.3, -0.25) is 4.79 Å². The topological polar surface area (TPSA) is 83.9 Å². The van der Waals surface area contributed by atoms with Gasteiger partial charge >= 0.3 is 0 Å². The molecule has 1 aliphatic rings. The Hall–Kier alpha value is -3.42. The Morgan fingerprint density at radius 1 is 1.25 bits per heavy atom. The zero-order valence-electron chi connectivity index (χ0n) is 15.3. The van der Waals surface area contributed by atoms with Crippen molar-refractivity contribution in [1.82, 2.24) is 19.9 Å². The molecule has 1 saturated heterocycles. The number of carbonyl (C=O) groups is 1. The van der Waals surface area contributed by atoms with Gasteiger partial charge in [-0.2, -0.15) is 0 Å². The third kappa shape index (κ3) is 3.66. The monoisotopic (exact) mass is 380 g/mol. The Kier molecular flexibility index (Phi) is 4.92. The van der Waals surface area contributed by atoms with Crippen molar-refractivity contribution < 1.29 is 10.6 Å². The molecule has 4 rings (SSSR count). The fourth-order valence-corrected chi connectivity index (χ4v) is 3.38. The van der Waals surface area contributed by atoms with Gasteiger partial charge in [0.2, 0.25) is 5.91 Å². The zero-order chi connectivity index (χ0) is 19.5. The predicted molar refractivity (Wildman–Crippen MR) is 105 cm³/mol. The summed E-state index contributed by atoms with van der Waals surface area (Å²) in [6.07, 6.45) is 7.10. The molecule has 144 valence electrons. The molecule has 7 nitrogen and oxygen atoms in total.